The summed E-state index contributed by atoms with van der Waals surface area (Å²) in [5.41, 5.74) is 7.15. The lowest BCUT2D eigenvalue weighted by atomic mass is 9.76. The third-order valence-electron chi connectivity index (χ3n) is 7.15. The summed E-state index contributed by atoms with van der Waals surface area (Å²) >= 11 is 0. The maximum atomic E-state index is 6.35. The normalized spacial score (nSPS) is 42.0. The van der Waals surface area contributed by atoms with Crippen LogP contribution in [-0.4, -0.2) is 30.1 Å². The minimum Gasteiger partial charge on any atom is -0.329 e. The highest BCUT2D eigenvalue weighted by Gasteiger charge is 2.46. The van der Waals surface area contributed by atoms with E-state index in [-0.39, 0.29) is 0 Å². The fourth-order valence-corrected chi connectivity index (χ4v) is 5.53. The molecule has 2 heteroatoms. The Morgan fingerprint density at radius 2 is 1.62 bits per heavy atom. The summed E-state index contributed by atoms with van der Waals surface area (Å²) in [5, 5.41) is 0. The van der Waals surface area contributed by atoms with Gasteiger partial charge in [-0.15, -0.1) is 0 Å². The van der Waals surface area contributed by atoms with Gasteiger partial charge in [0, 0.05) is 25.2 Å². The summed E-state index contributed by atoms with van der Waals surface area (Å²) in [6.45, 7) is 10.8. The highest BCUT2D eigenvalue weighted by atomic mass is 15.2. The smallest absolute Gasteiger partial charge is 0.0332 e. The summed E-state index contributed by atoms with van der Waals surface area (Å²) in [4.78, 5) is 2.84. The van der Waals surface area contributed by atoms with Crippen LogP contribution in [0.15, 0.2) is 0 Å². The van der Waals surface area contributed by atoms with Crippen molar-refractivity contribution in [1.29, 1.82) is 0 Å². The summed E-state index contributed by atoms with van der Waals surface area (Å²) in [6, 6.07) is 0. The van der Waals surface area contributed by atoms with Crippen LogP contribution in [0.5, 0.6) is 0 Å². The van der Waals surface area contributed by atoms with Crippen LogP contribution < -0.4 is 5.73 Å². The third-order valence-corrected chi connectivity index (χ3v) is 7.15. The zero-order valence-electron chi connectivity index (χ0n) is 14.5. The largest absolute Gasteiger partial charge is 0.329 e. The summed E-state index contributed by atoms with van der Waals surface area (Å²) < 4.78 is 0. The van der Waals surface area contributed by atoms with Crippen molar-refractivity contribution in [2.24, 2.45) is 28.9 Å². The molecule has 122 valence electrons. The van der Waals surface area contributed by atoms with Crippen LogP contribution in [-0.2, 0) is 0 Å². The monoisotopic (exact) mass is 292 g/mol. The molecule has 0 bridgehead atoms. The van der Waals surface area contributed by atoms with Crippen molar-refractivity contribution in [3.8, 4) is 0 Å². The molecule has 1 saturated heterocycles. The van der Waals surface area contributed by atoms with Gasteiger partial charge in [-0.3, -0.25) is 4.90 Å². The quantitative estimate of drug-likeness (QED) is 0.778. The predicted molar refractivity (Wildman–Crippen MR) is 90.2 cm³/mol. The Morgan fingerprint density at radius 3 is 2.19 bits per heavy atom. The number of hydrogen-bond donors (Lipinski definition) is 1. The zero-order valence-corrected chi connectivity index (χ0v) is 14.5. The second kappa shape index (κ2) is 5.85. The average molecular weight is 293 g/mol. The molecular weight excluding hydrogens is 256 g/mol. The first-order chi connectivity index (χ1) is 9.94. The Balaban J connectivity index is 1.69. The van der Waals surface area contributed by atoms with E-state index in [1.807, 2.05) is 0 Å². The molecule has 3 fully saturated rings. The molecule has 3 rings (SSSR count). The van der Waals surface area contributed by atoms with Crippen LogP contribution in [0.25, 0.3) is 0 Å². The van der Waals surface area contributed by atoms with Gasteiger partial charge in [0.15, 0.2) is 0 Å². The molecule has 1 aliphatic heterocycles. The van der Waals surface area contributed by atoms with Gasteiger partial charge in [0.2, 0.25) is 0 Å². The molecule has 2 aliphatic carbocycles. The Labute approximate surface area is 131 Å². The van der Waals surface area contributed by atoms with E-state index in [4.69, 9.17) is 5.73 Å². The number of rotatable bonds is 2. The fourth-order valence-electron chi connectivity index (χ4n) is 5.53. The van der Waals surface area contributed by atoms with Crippen LogP contribution in [0.4, 0.5) is 0 Å². The van der Waals surface area contributed by atoms with Crippen LogP contribution >= 0.6 is 0 Å². The Morgan fingerprint density at radius 1 is 0.952 bits per heavy atom. The van der Waals surface area contributed by atoms with Crippen molar-refractivity contribution in [2.45, 2.75) is 77.7 Å². The number of likely N-dealkylation sites (tertiary alicyclic amines) is 1. The third kappa shape index (κ3) is 3.03. The standard InChI is InChI=1S/C19H36N2/c1-18(2,3)17-8-5-10-19(14-20,11-9-17)21-12-15-6-4-7-16(15)13-21/h15-17H,4-14,20H2,1-3H3. The molecule has 1 heterocycles. The summed E-state index contributed by atoms with van der Waals surface area (Å²) in [7, 11) is 0. The van der Waals surface area contributed by atoms with E-state index in [1.54, 1.807) is 0 Å². The summed E-state index contributed by atoms with van der Waals surface area (Å²) in [5.74, 6) is 2.87. The number of fused-ring (bicyclic) bond motifs is 1. The molecule has 0 radical (unpaired) electrons. The van der Waals surface area contributed by atoms with Crippen molar-refractivity contribution >= 4 is 0 Å². The van der Waals surface area contributed by atoms with Crippen molar-refractivity contribution in [3.63, 3.8) is 0 Å². The van der Waals surface area contributed by atoms with E-state index < -0.39 is 0 Å². The van der Waals surface area contributed by atoms with Crippen LogP contribution in [0.2, 0.25) is 0 Å². The van der Waals surface area contributed by atoms with Crippen LogP contribution in [0, 0.1) is 23.2 Å². The van der Waals surface area contributed by atoms with Crippen molar-refractivity contribution < 1.29 is 0 Å². The lowest BCUT2D eigenvalue weighted by Crippen LogP contribution is -2.53. The molecule has 21 heavy (non-hydrogen) atoms. The topological polar surface area (TPSA) is 29.3 Å². The number of hydrogen-bond acceptors (Lipinski definition) is 2. The van der Waals surface area contributed by atoms with Gasteiger partial charge in [0.1, 0.15) is 0 Å². The van der Waals surface area contributed by atoms with Crippen molar-refractivity contribution in [2.75, 3.05) is 19.6 Å². The van der Waals surface area contributed by atoms with Crippen LogP contribution in [0.1, 0.15) is 72.1 Å². The van der Waals surface area contributed by atoms with Crippen molar-refractivity contribution in [1.82, 2.24) is 4.90 Å². The summed E-state index contributed by atoms with van der Waals surface area (Å²) in [6.07, 6.45) is 11.3. The van der Waals surface area contributed by atoms with Gasteiger partial charge in [-0.05, 0) is 61.7 Å². The fraction of sp³-hybridized carbons (Fsp3) is 1.00. The molecule has 3 aliphatic rings. The highest BCUT2D eigenvalue weighted by Crippen LogP contribution is 2.46. The van der Waals surface area contributed by atoms with E-state index in [0.717, 1.165) is 24.3 Å². The van der Waals surface area contributed by atoms with E-state index >= 15 is 0 Å². The molecule has 4 unspecified atom stereocenters. The maximum Gasteiger partial charge on any atom is 0.0332 e. The molecule has 2 nitrogen and oxygen atoms in total. The van der Waals surface area contributed by atoms with E-state index in [9.17, 15) is 0 Å². The molecule has 4 atom stereocenters. The molecule has 0 amide bonds. The van der Waals surface area contributed by atoms with Gasteiger partial charge >= 0.3 is 0 Å². The first-order valence-electron chi connectivity index (χ1n) is 9.40. The van der Waals surface area contributed by atoms with E-state index in [2.05, 4.69) is 25.7 Å². The molecule has 2 saturated carbocycles. The van der Waals surface area contributed by atoms with Gasteiger partial charge in [-0.25, -0.2) is 0 Å². The first-order valence-corrected chi connectivity index (χ1v) is 9.40. The van der Waals surface area contributed by atoms with E-state index in [0.29, 0.717) is 11.0 Å². The Kier molecular flexibility index (Phi) is 4.40. The Bertz CT molecular complexity index is 347. The Hall–Kier alpha value is -0.0800. The highest BCUT2D eigenvalue weighted by molar-refractivity contribution is 5.01. The SMILES string of the molecule is CC(C)(C)C1CCCC(CN)(N2CC3CCCC3C2)CC1. The maximum absolute atomic E-state index is 6.35. The van der Waals surface area contributed by atoms with Gasteiger partial charge in [0.05, 0.1) is 0 Å². The molecule has 0 spiro atoms. The lowest BCUT2D eigenvalue weighted by Gasteiger charge is -2.42. The molecule has 2 N–H and O–H groups in total. The lowest BCUT2D eigenvalue weighted by molar-refractivity contribution is 0.0913. The average Bonchev–Trinajstić information content (AvgIpc) is 2.93. The number of nitrogens with zero attached hydrogens (tertiary/aromatic N) is 1. The predicted octanol–water partition coefficient (Wildman–Crippen LogP) is 4.04. The second-order valence-electron chi connectivity index (χ2n) is 9.28. The van der Waals surface area contributed by atoms with Crippen LogP contribution in [0.3, 0.4) is 0 Å². The number of nitrogens with two attached hydrogens (primary N) is 1. The first kappa shape index (κ1) is 15.8. The zero-order chi connectivity index (χ0) is 15.1. The molecular formula is C19H36N2. The van der Waals surface area contributed by atoms with Gasteiger partial charge in [0.25, 0.3) is 0 Å². The molecule has 0 aromatic rings. The van der Waals surface area contributed by atoms with Gasteiger partial charge in [-0.2, -0.15) is 0 Å². The second-order valence-corrected chi connectivity index (χ2v) is 9.28. The van der Waals surface area contributed by atoms with Gasteiger partial charge < -0.3 is 5.73 Å². The van der Waals surface area contributed by atoms with Crippen molar-refractivity contribution in [3.05, 3.63) is 0 Å². The van der Waals surface area contributed by atoms with Gasteiger partial charge in [-0.1, -0.05) is 33.6 Å². The minimum atomic E-state index is 0.338. The van der Waals surface area contributed by atoms with E-state index in [1.165, 1.54) is 64.5 Å². The molecule has 0 aromatic heterocycles. The molecule has 0 aromatic carbocycles. The minimum absolute atomic E-state index is 0.338.